The highest BCUT2D eigenvalue weighted by molar-refractivity contribution is 6.00. The Bertz CT molecular complexity index is 692. The molecule has 1 unspecified atom stereocenters. The molecule has 1 rings (SSSR count). The van der Waals surface area contributed by atoms with Crippen molar-refractivity contribution in [2.75, 3.05) is 5.32 Å². The topological polar surface area (TPSA) is 107 Å². The second-order valence-electron chi connectivity index (χ2n) is 6.54. The molecule has 1 aromatic rings. The second kappa shape index (κ2) is 10.3. The van der Waals surface area contributed by atoms with Gasteiger partial charge in [0.15, 0.2) is 0 Å². The average Bonchev–Trinajstić information content (AvgIpc) is 2.54. The molecule has 0 aliphatic carbocycles. The molecular weight excluding hydrogens is 334 g/mol. The van der Waals surface area contributed by atoms with E-state index in [0.717, 1.165) is 12.5 Å². The number of allylic oxidation sites excluding steroid dienone is 3. The number of aromatic hydroxyl groups is 2. The summed E-state index contributed by atoms with van der Waals surface area (Å²) in [6.45, 7) is 6.00. The maximum atomic E-state index is 12.0. The van der Waals surface area contributed by atoms with Crippen LogP contribution in [0.2, 0.25) is 0 Å². The minimum atomic E-state index is -0.981. The van der Waals surface area contributed by atoms with Gasteiger partial charge in [0.2, 0.25) is 5.91 Å². The summed E-state index contributed by atoms with van der Waals surface area (Å²) in [6.07, 6.45) is 7.94. The summed E-state index contributed by atoms with van der Waals surface area (Å²) in [5.74, 6) is -1.77. The number of anilines is 1. The molecule has 0 aliphatic rings. The van der Waals surface area contributed by atoms with Crippen LogP contribution in [0.1, 0.15) is 51.5 Å². The zero-order valence-electron chi connectivity index (χ0n) is 15.4. The van der Waals surface area contributed by atoms with Crippen LogP contribution >= 0.6 is 0 Å². The monoisotopic (exact) mass is 361 g/mol. The summed E-state index contributed by atoms with van der Waals surface area (Å²) in [7, 11) is 0. The first-order valence-electron chi connectivity index (χ1n) is 8.66. The Hall–Kier alpha value is -2.76. The Kier molecular flexibility index (Phi) is 8.42. The predicted molar refractivity (Wildman–Crippen MR) is 101 cm³/mol. The summed E-state index contributed by atoms with van der Waals surface area (Å²) in [4.78, 5) is 23.0. The van der Waals surface area contributed by atoms with Crippen molar-refractivity contribution in [2.45, 2.75) is 46.0 Å². The molecule has 6 heteroatoms. The van der Waals surface area contributed by atoms with E-state index in [1.54, 1.807) is 12.2 Å². The number of carboxylic acid groups (broad SMARTS) is 1. The zero-order chi connectivity index (χ0) is 19.7. The van der Waals surface area contributed by atoms with Crippen molar-refractivity contribution in [3.8, 4) is 11.5 Å². The lowest BCUT2D eigenvalue weighted by atomic mass is 9.92. The molecular formula is C20H27NO5. The second-order valence-corrected chi connectivity index (χ2v) is 6.54. The lowest BCUT2D eigenvalue weighted by Gasteiger charge is -2.17. The molecule has 0 aliphatic heterocycles. The third kappa shape index (κ3) is 7.01. The fraction of sp³-hybridized carbons (Fsp3) is 0.400. The van der Waals surface area contributed by atoms with Gasteiger partial charge in [0.25, 0.3) is 0 Å². The smallest absolute Gasteiger partial charge is 0.303 e. The summed E-state index contributed by atoms with van der Waals surface area (Å²) in [5, 5.41) is 31.5. The van der Waals surface area contributed by atoms with Crippen LogP contribution in [0.15, 0.2) is 36.4 Å². The summed E-state index contributed by atoms with van der Waals surface area (Å²) >= 11 is 0. The van der Waals surface area contributed by atoms with Crippen LogP contribution < -0.4 is 5.32 Å². The Labute approximate surface area is 153 Å². The molecule has 0 spiro atoms. The van der Waals surface area contributed by atoms with Crippen LogP contribution in [0.4, 0.5) is 5.69 Å². The van der Waals surface area contributed by atoms with Crippen LogP contribution in [0.25, 0.3) is 0 Å². The van der Waals surface area contributed by atoms with Crippen molar-refractivity contribution in [1.82, 2.24) is 0 Å². The first-order chi connectivity index (χ1) is 12.2. The molecule has 0 bridgehead atoms. The van der Waals surface area contributed by atoms with Gasteiger partial charge in [-0.25, -0.2) is 0 Å². The molecule has 142 valence electrons. The van der Waals surface area contributed by atoms with Crippen LogP contribution in [0.5, 0.6) is 11.5 Å². The number of hydrogen-bond donors (Lipinski definition) is 4. The van der Waals surface area contributed by atoms with Gasteiger partial charge in [-0.15, -0.1) is 0 Å². The summed E-state index contributed by atoms with van der Waals surface area (Å²) < 4.78 is 0. The van der Waals surface area contributed by atoms with Crippen LogP contribution in [-0.4, -0.2) is 27.2 Å². The summed E-state index contributed by atoms with van der Waals surface area (Å²) in [5.41, 5.74) is 0.506. The van der Waals surface area contributed by atoms with Gasteiger partial charge in [-0.3, -0.25) is 9.59 Å². The molecule has 0 heterocycles. The molecule has 1 aromatic carbocycles. The number of carbonyl (C=O) groups excluding carboxylic acids is 1. The van der Waals surface area contributed by atoms with Gasteiger partial charge in [0, 0.05) is 12.1 Å². The molecule has 0 aromatic heterocycles. The van der Waals surface area contributed by atoms with Crippen molar-refractivity contribution < 1.29 is 24.9 Å². The van der Waals surface area contributed by atoms with Crippen molar-refractivity contribution >= 4 is 17.6 Å². The standard InChI is InChI=1S/C20H27NO5/c1-4-14(10-20(25)26)15-11-16(18(23)12-17(15)22)21-19(24)9-7-5-6-8-13(2)3/h5-7,9,11-14,22-23H,4,8,10H2,1-3H3,(H,21,24)(H,25,26)/b6-5+,9-7+. The molecule has 6 nitrogen and oxygen atoms in total. The number of benzene rings is 1. The van der Waals surface area contributed by atoms with E-state index in [-0.39, 0.29) is 23.6 Å². The Morgan fingerprint density at radius 3 is 2.42 bits per heavy atom. The molecule has 0 fully saturated rings. The van der Waals surface area contributed by atoms with E-state index < -0.39 is 17.8 Å². The van der Waals surface area contributed by atoms with E-state index in [0.29, 0.717) is 17.9 Å². The van der Waals surface area contributed by atoms with E-state index in [4.69, 9.17) is 5.11 Å². The fourth-order valence-electron chi connectivity index (χ4n) is 2.45. The lowest BCUT2D eigenvalue weighted by Crippen LogP contribution is -2.10. The number of rotatable bonds is 9. The minimum absolute atomic E-state index is 0.127. The minimum Gasteiger partial charge on any atom is -0.508 e. The van der Waals surface area contributed by atoms with Gasteiger partial charge >= 0.3 is 5.97 Å². The van der Waals surface area contributed by atoms with Gasteiger partial charge in [-0.1, -0.05) is 39.0 Å². The average molecular weight is 361 g/mol. The molecule has 0 saturated carbocycles. The third-order valence-corrected chi connectivity index (χ3v) is 3.86. The Morgan fingerprint density at radius 1 is 1.15 bits per heavy atom. The van der Waals surface area contributed by atoms with Crippen molar-refractivity contribution in [2.24, 2.45) is 5.92 Å². The van der Waals surface area contributed by atoms with Crippen LogP contribution in [0, 0.1) is 5.92 Å². The molecule has 26 heavy (non-hydrogen) atoms. The molecule has 0 saturated heterocycles. The number of nitrogens with one attached hydrogen (secondary N) is 1. The number of phenolic OH excluding ortho intramolecular Hbond substituents is 2. The van der Waals surface area contributed by atoms with E-state index in [1.807, 2.05) is 13.0 Å². The number of hydrogen-bond acceptors (Lipinski definition) is 4. The normalized spacial score (nSPS) is 12.8. The maximum Gasteiger partial charge on any atom is 0.303 e. The lowest BCUT2D eigenvalue weighted by molar-refractivity contribution is -0.137. The van der Waals surface area contributed by atoms with Gasteiger partial charge in [-0.2, -0.15) is 0 Å². The summed E-state index contributed by atoms with van der Waals surface area (Å²) in [6, 6.07) is 2.53. The SMILES string of the molecule is CCC(CC(=O)O)c1cc(NC(=O)/C=C/C=C/CC(C)C)c(O)cc1O. The molecule has 1 amide bonds. The highest BCUT2D eigenvalue weighted by Gasteiger charge is 2.20. The van der Waals surface area contributed by atoms with E-state index in [1.165, 1.54) is 12.1 Å². The quantitative estimate of drug-likeness (QED) is 0.229. The van der Waals surface area contributed by atoms with Crippen molar-refractivity contribution in [1.29, 1.82) is 0 Å². The largest absolute Gasteiger partial charge is 0.508 e. The van der Waals surface area contributed by atoms with Gasteiger partial charge in [0.1, 0.15) is 11.5 Å². The highest BCUT2D eigenvalue weighted by atomic mass is 16.4. The number of amides is 1. The maximum absolute atomic E-state index is 12.0. The van der Waals surface area contributed by atoms with Gasteiger partial charge in [-0.05, 0) is 36.3 Å². The molecule has 4 N–H and O–H groups in total. The first-order valence-corrected chi connectivity index (χ1v) is 8.66. The first kappa shape index (κ1) is 21.3. The number of aliphatic carboxylic acids is 1. The van der Waals surface area contributed by atoms with Crippen LogP contribution in [-0.2, 0) is 9.59 Å². The van der Waals surface area contributed by atoms with E-state index >= 15 is 0 Å². The van der Waals surface area contributed by atoms with Crippen LogP contribution in [0.3, 0.4) is 0 Å². The fourth-order valence-corrected chi connectivity index (χ4v) is 2.45. The Morgan fingerprint density at radius 2 is 1.85 bits per heavy atom. The van der Waals surface area contributed by atoms with Gasteiger partial charge in [0.05, 0.1) is 12.1 Å². The van der Waals surface area contributed by atoms with Crippen molar-refractivity contribution in [3.63, 3.8) is 0 Å². The highest BCUT2D eigenvalue weighted by Crippen LogP contribution is 2.38. The molecule has 0 radical (unpaired) electrons. The predicted octanol–water partition coefficient (Wildman–Crippen LogP) is 4.16. The third-order valence-electron chi connectivity index (χ3n) is 3.86. The number of phenols is 2. The van der Waals surface area contributed by atoms with E-state index in [9.17, 15) is 19.8 Å². The van der Waals surface area contributed by atoms with E-state index in [2.05, 4.69) is 19.2 Å². The molecule has 1 atom stereocenters. The zero-order valence-corrected chi connectivity index (χ0v) is 15.4. The Balaban J connectivity index is 2.91. The number of carboxylic acids is 1. The number of carbonyl (C=O) groups is 2. The van der Waals surface area contributed by atoms with Gasteiger partial charge < -0.3 is 20.6 Å². The van der Waals surface area contributed by atoms with Crippen molar-refractivity contribution in [3.05, 3.63) is 42.0 Å².